The van der Waals surface area contributed by atoms with Crippen molar-refractivity contribution in [3.63, 3.8) is 0 Å². The number of nitrogens with one attached hydrogen (secondary N) is 1. The lowest BCUT2D eigenvalue weighted by Crippen LogP contribution is -2.39. The first-order chi connectivity index (χ1) is 11.3. The van der Waals surface area contributed by atoms with Gasteiger partial charge in [0, 0.05) is 24.8 Å². The van der Waals surface area contributed by atoms with Gasteiger partial charge in [0.15, 0.2) is 5.12 Å². The van der Waals surface area contributed by atoms with Crippen LogP contribution < -0.4 is 5.32 Å². The molecule has 0 spiro atoms. The van der Waals surface area contributed by atoms with Crippen molar-refractivity contribution >= 4 is 22.8 Å². The smallest absolute Gasteiger partial charge is 0.307 e. The van der Waals surface area contributed by atoms with E-state index >= 15 is 0 Å². The first kappa shape index (κ1) is 22.6. The average molecular weight is 356 g/mol. The second-order valence-electron chi connectivity index (χ2n) is 5.93. The van der Waals surface area contributed by atoms with Crippen LogP contribution in [0.2, 0.25) is 0 Å². The van der Waals surface area contributed by atoms with Gasteiger partial charge in [0.05, 0.1) is 12.5 Å². The molecule has 6 heteroatoms. The molecule has 1 rings (SSSR count). The summed E-state index contributed by atoms with van der Waals surface area (Å²) in [6.45, 7) is 7.38. The number of carboxylic acid groups (broad SMARTS) is 1. The van der Waals surface area contributed by atoms with Crippen LogP contribution in [0.5, 0.6) is 0 Å². The Kier molecular flexibility index (Phi) is 12.2. The van der Waals surface area contributed by atoms with Crippen molar-refractivity contribution in [2.45, 2.75) is 46.2 Å². The molecule has 136 valence electrons. The van der Waals surface area contributed by atoms with Crippen molar-refractivity contribution in [1.82, 2.24) is 5.32 Å². The molecule has 0 aliphatic carbocycles. The second-order valence-corrected chi connectivity index (χ2v) is 7.13. The number of aliphatic hydroxyl groups is 1. The summed E-state index contributed by atoms with van der Waals surface area (Å²) < 4.78 is 0. The predicted molar refractivity (Wildman–Crippen MR) is 99.2 cm³/mol. The molecular formula is C18H29NO4S. The minimum absolute atomic E-state index is 0.0342. The molecule has 0 aliphatic rings. The van der Waals surface area contributed by atoms with E-state index in [2.05, 4.69) is 31.3 Å². The first-order valence-electron chi connectivity index (χ1n) is 8.03. The summed E-state index contributed by atoms with van der Waals surface area (Å²) in [6, 6.07) is 10.8. The van der Waals surface area contributed by atoms with Crippen molar-refractivity contribution in [3.05, 3.63) is 35.9 Å². The lowest BCUT2D eigenvalue weighted by Gasteiger charge is -2.18. The van der Waals surface area contributed by atoms with Crippen LogP contribution in [0.4, 0.5) is 0 Å². The molecule has 0 saturated carbocycles. The number of aliphatic carboxylic acids is 1. The van der Waals surface area contributed by atoms with E-state index in [4.69, 9.17) is 5.11 Å². The Labute approximate surface area is 148 Å². The van der Waals surface area contributed by atoms with Crippen molar-refractivity contribution in [1.29, 1.82) is 0 Å². The van der Waals surface area contributed by atoms with Gasteiger partial charge >= 0.3 is 5.97 Å². The number of thioether (sulfide) groups is 1. The Morgan fingerprint density at radius 1 is 1.17 bits per heavy atom. The fraction of sp³-hybridized carbons (Fsp3) is 0.556. The molecule has 5 nitrogen and oxygen atoms in total. The Hall–Kier alpha value is -1.37. The summed E-state index contributed by atoms with van der Waals surface area (Å²) >= 11 is 1.05. The van der Waals surface area contributed by atoms with E-state index < -0.39 is 11.9 Å². The summed E-state index contributed by atoms with van der Waals surface area (Å²) in [5.41, 5.74) is 1.26. The van der Waals surface area contributed by atoms with E-state index in [1.165, 1.54) is 12.5 Å². The molecule has 3 N–H and O–H groups in total. The minimum Gasteiger partial charge on any atom is -0.481 e. The highest BCUT2D eigenvalue weighted by molar-refractivity contribution is 8.13. The van der Waals surface area contributed by atoms with Gasteiger partial charge in [0.1, 0.15) is 0 Å². The second kappa shape index (κ2) is 13.0. The van der Waals surface area contributed by atoms with Crippen molar-refractivity contribution in [2.75, 3.05) is 12.4 Å². The maximum atomic E-state index is 10.3. The molecular weight excluding hydrogens is 326 g/mol. The monoisotopic (exact) mass is 355 g/mol. The third-order valence-electron chi connectivity index (χ3n) is 3.07. The normalized spacial score (nSPS) is 12.9. The van der Waals surface area contributed by atoms with Crippen molar-refractivity contribution < 1.29 is 19.8 Å². The van der Waals surface area contributed by atoms with Crippen molar-refractivity contribution in [3.8, 4) is 0 Å². The SMILES string of the molecule is CC(=O)SCC(C)C(=O)O.CC(C)N[C@H](CO)Cc1ccccc1. The number of carbonyl (C=O) groups excluding carboxylic acids is 1. The fourth-order valence-electron chi connectivity index (χ4n) is 1.86. The number of hydrogen-bond donors (Lipinski definition) is 3. The number of carbonyl (C=O) groups is 2. The van der Waals surface area contributed by atoms with Gasteiger partial charge in [0.25, 0.3) is 0 Å². The molecule has 0 fully saturated rings. The highest BCUT2D eigenvalue weighted by Crippen LogP contribution is 2.08. The Morgan fingerprint density at radius 3 is 2.17 bits per heavy atom. The van der Waals surface area contributed by atoms with Gasteiger partial charge in [-0.3, -0.25) is 9.59 Å². The summed E-state index contributed by atoms with van der Waals surface area (Å²) in [6.07, 6.45) is 0.884. The molecule has 0 saturated heterocycles. The molecule has 0 bridgehead atoms. The lowest BCUT2D eigenvalue weighted by atomic mass is 10.1. The predicted octanol–water partition coefficient (Wildman–Crippen LogP) is 2.57. The first-order valence-corrected chi connectivity index (χ1v) is 9.01. The molecule has 1 unspecified atom stereocenters. The molecule has 1 aromatic rings. The van der Waals surface area contributed by atoms with Gasteiger partial charge in [-0.1, -0.05) is 62.9 Å². The van der Waals surface area contributed by atoms with E-state index in [1.54, 1.807) is 6.92 Å². The fourth-order valence-corrected chi connectivity index (χ4v) is 2.49. The number of aliphatic hydroxyl groups excluding tert-OH is 1. The number of carboxylic acids is 1. The maximum Gasteiger partial charge on any atom is 0.307 e. The number of rotatable bonds is 8. The Morgan fingerprint density at radius 2 is 1.75 bits per heavy atom. The van der Waals surface area contributed by atoms with Gasteiger partial charge in [-0.2, -0.15) is 0 Å². The minimum atomic E-state index is -0.853. The zero-order valence-corrected chi connectivity index (χ0v) is 15.7. The van der Waals surface area contributed by atoms with Crippen molar-refractivity contribution in [2.24, 2.45) is 5.92 Å². The molecule has 0 aromatic heterocycles. The van der Waals surface area contributed by atoms with Crippen LogP contribution in [0, 0.1) is 5.92 Å². The zero-order chi connectivity index (χ0) is 18.5. The maximum absolute atomic E-state index is 10.3. The Bertz CT molecular complexity index is 479. The van der Waals surface area contributed by atoms with Crippen LogP contribution in [0.25, 0.3) is 0 Å². The van der Waals surface area contributed by atoms with Crippen LogP contribution in [0.3, 0.4) is 0 Å². The van der Waals surface area contributed by atoms with Gasteiger partial charge in [-0.05, 0) is 12.0 Å². The largest absolute Gasteiger partial charge is 0.481 e. The van der Waals surface area contributed by atoms with E-state index in [0.29, 0.717) is 11.8 Å². The molecule has 1 aromatic carbocycles. The molecule has 0 radical (unpaired) electrons. The van der Waals surface area contributed by atoms with Crippen LogP contribution in [-0.4, -0.2) is 45.7 Å². The van der Waals surface area contributed by atoms with Gasteiger partial charge in [-0.25, -0.2) is 0 Å². The molecule has 0 aliphatic heterocycles. The zero-order valence-electron chi connectivity index (χ0n) is 14.9. The third-order valence-corrected chi connectivity index (χ3v) is 4.15. The topological polar surface area (TPSA) is 86.6 Å². The van der Waals surface area contributed by atoms with E-state index in [-0.39, 0.29) is 17.8 Å². The average Bonchev–Trinajstić information content (AvgIpc) is 2.52. The quantitative estimate of drug-likeness (QED) is 0.664. The lowest BCUT2D eigenvalue weighted by molar-refractivity contribution is -0.140. The summed E-state index contributed by atoms with van der Waals surface area (Å²) in [7, 11) is 0. The summed E-state index contributed by atoms with van der Waals surface area (Å²) in [5.74, 6) is -0.923. The van der Waals surface area contributed by atoms with Gasteiger partial charge in [0.2, 0.25) is 0 Å². The van der Waals surface area contributed by atoms with E-state index in [0.717, 1.165) is 18.2 Å². The number of benzene rings is 1. The molecule has 0 heterocycles. The van der Waals surface area contributed by atoms with E-state index in [1.807, 2.05) is 18.2 Å². The van der Waals surface area contributed by atoms with E-state index in [9.17, 15) is 14.7 Å². The van der Waals surface area contributed by atoms with Crippen LogP contribution >= 0.6 is 11.8 Å². The standard InChI is InChI=1S/C12H19NO.C6H10O3S/c1-10(2)13-12(9-14)8-11-6-4-3-5-7-11;1-4(6(8)9)3-10-5(2)7/h3-7,10,12-14H,8-9H2,1-2H3;4H,3H2,1-2H3,(H,8,9)/t12-;/m0./s1. The summed E-state index contributed by atoms with van der Waals surface area (Å²) in [5, 5.41) is 20.8. The highest BCUT2D eigenvalue weighted by atomic mass is 32.2. The third kappa shape index (κ3) is 12.1. The number of hydrogen-bond acceptors (Lipinski definition) is 5. The molecule has 0 amide bonds. The summed E-state index contributed by atoms with van der Waals surface area (Å²) in [4.78, 5) is 20.5. The van der Waals surface area contributed by atoms with Crippen LogP contribution in [0.1, 0.15) is 33.3 Å². The Balaban J connectivity index is 0.000000470. The van der Waals surface area contributed by atoms with Gasteiger partial charge < -0.3 is 15.5 Å². The van der Waals surface area contributed by atoms with Crippen LogP contribution in [0.15, 0.2) is 30.3 Å². The molecule has 24 heavy (non-hydrogen) atoms. The molecule has 2 atom stereocenters. The van der Waals surface area contributed by atoms with Gasteiger partial charge in [-0.15, -0.1) is 0 Å². The highest BCUT2D eigenvalue weighted by Gasteiger charge is 2.11. The van der Waals surface area contributed by atoms with Crippen LogP contribution in [-0.2, 0) is 16.0 Å².